The number of rotatable bonds is 4. The average molecular weight is 492 g/mol. The highest BCUT2D eigenvalue weighted by atomic mass is 31.1. The minimum absolute atomic E-state index is 0.376. The van der Waals surface area contributed by atoms with Crippen molar-refractivity contribution in [3.63, 3.8) is 0 Å². The zero-order chi connectivity index (χ0) is 24.8. The lowest BCUT2D eigenvalue weighted by Crippen LogP contribution is -2.01. The van der Waals surface area contributed by atoms with Crippen molar-refractivity contribution < 1.29 is 8.39 Å². The van der Waals surface area contributed by atoms with Crippen LogP contribution in [-0.4, -0.2) is 0 Å². The van der Waals surface area contributed by atoms with E-state index in [1.54, 1.807) is 0 Å². The largest absolute Gasteiger partial charge is 0.404 e. The summed E-state index contributed by atoms with van der Waals surface area (Å²) in [6.45, 7) is 8.93. The number of anilines is 1. The van der Waals surface area contributed by atoms with Gasteiger partial charge in [0.15, 0.2) is 0 Å². The molecule has 5 aromatic carbocycles. The standard InChI is InChI=1S/C32H30NO2P/c1-20(2)24-14-9-15-25(21(3)4)32(24)33-36-34-28-18-16-22-10-5-7-12-26(22)30(28)31-27-13-8-6-11-23(27)17-19-29(31)35-36/h5-21,33H,1-4H3. The molecule has 0 bridgehead atoms. The minimum atomic E-state index is -1.49. The molecule has 1 heterocycles. The van der Waals surface area contributed by atoms with Gasteiger partial charge in [-0.25, -0.2) is 0 Å². The maximum Gasteiger partial charge on any atom is 0.338 e. The van der Waals surface area contributed by atoms with Gasteiger partial charge in [0, 0.05) is 10.8 Å². The van der Waals surface area contributed by atoms with Crippen molar-refractivity contribution in [2.45, 2.75) is 39.5 Å². The monoisotopic (exact) mass is 491 g/mol. The van der Waals surface area contributed by atoms with Crippen LogP contribution in [0.15, 0.2) is 99.4 Å². The van der Waals surface area contributed by atoms with Gasteiger partial charge in [-0.2, -0.15) is 0 Å². The molecular weight excluding hydrogens is 461 g/mol. The third-order valence-corrected chi connectivity index (χ3v) is 8.10. The van der Waals surface area contributed by atoms with Crippen molar-refractivity contribution in [3.8, 4) is 0 Å². The molecule has 0 unspecified atom stereocenters. The highest BCUT2D eigenvalue weighted by molar-refractivity contribution is 7.39. The number of para-hydroxylation sites is 1. The smallest absolute Gasteiger partial charge is 0.338 e. The summed E-state index contributed by atoms with van der Waals surface area (Å²) in [5.41, 5.74) is 5.36. The SMILES string of the molecule is CC(C)c1cccc(C(C)C)c1Np1oc2ccc3ccccc3c2c2c(ccc3ccccc32)o1. The Morgan fingerprint density at radius 1 is 0.556 bits per heavy atom. The van der Waals surface area contributed by atoms with Crippen LogP contribution in [0.4, 0.5) is 5.69 Å². The third kappa shape index (κ3) is 3.85. The van der Waals surface area contributed by atoms with Crippen LogP contribution in [0.25, 0.3) is 43.5 Å². The fraction of sp³-hybridized carbons (Fsp3) is 0.188. The Hall–Kier alpha value is -3.68. The molecule has 6 aromatic rings. The van der Waals surface area contributed by atoms with E-state index in [4.69, 9.17) is 8.39 Å². The molecule has 1 N–H and O–H groups in total. The van der Waals surface area contributed by atoms with Gasteiger partial charge in [-0.05, 0) is 56.6 Å². The molecule has 0 aliphatic carbocycles. The fourth-order valence-corrected chi connectivity index (χ4v) is 6.42. The van der Waals surface area contributed by atoms with Crippen molar-refractivity contribution in [3.05, 3.63) is 102 Å². The van der Waals surface area contributed by atoms with E-state index in [1.807, 2.05) is 0 Å². The first-order chi connectivity index (χ1) is 17.5. The van der Waals surface area contributed by atoms with Crippen molar-refractivity contribution in [2.75, 3.05) is 5.09 Å². The van der Waals surface area contributed by atoms with Crippen LogP contribution in [0, 0.1) is 0 Å². The minimum Gasteiger partial charge on any atom is -0.404 e. The highest BCUT2D eigenvalue weighted by Crippen LogP contribution is 2.43. The second kappa shape index (κ2) is 9.08. The van der Waals surface area contributed by atoms with Crippen LogP contribution in [0.5, 0.6) is 0 Å². The molecular formula is C32H30NO2P. The van der Waals surface area contributed by atoms with Crippen LogP contribution in [0.3, 0.4) is 0 Å². The summed E-state index contributed by atoms with van der Waals surface area (Å²) in [6.07, 6.45) is 0. The lowest BCUT2D eigenvalue weighted by molar-refractivity contribution is 0.646. The second-order valence-corrected chi connectivity index (χ2v) is 11.1. The summed E-state index contributed by atoms with van der Waals surface area (Å²) in [6, 6.07) is 32.0. The molecule has 180 valence electrons. The first-order valence-corrected chi connectivity index (χ1v) is 13.8. The molecule has 0 aliphatic rings. The molecule has 0 aliphatic heterocycles. The molecule has 0 radical (unpaired) electrons. The van der Waals surface area contributed by atoms with Gasteiger partial charge in [-0.3, -0.25) is 5.09 Å². The lowest BCUT2D eigenvalue weighted by Gasteiger charge is -2.19. The summed E-state index contributed by atoms with van der Waals surface area (Å²) in [7, 11) is -1.49. The zero-order valence-corrected chi connectivity index (χ0v) is 22.0. The van der Waals surface area contributed by atoms with E-state index in [2.05, 4.69) is 124 Å². The van der Waals surface area contributed by atoms with E-state index in [0.717, 1.165) is 27.6 Å². The Bertz CT molecular complexity index is 1660. The van der Waals surface area contributed by atoms with Gasteiger partial charge >= 0.3 is 8.16 Å². The summed E-state index contributed by atoms with van der Waals surface area (Å²) in [5.74, 6) is 0.751. The van der Waals surface area contributed by atoms with Gasteiger partial charge in [0.1, 0.15) is 11.2 Å². The predicted octanol–water partition coefficient (Wildman–Crippen LogP) is 10.7. The average Bonchev–Trinajstić information content (AvgIpc) is 3.05. The van der Waals surface area contributed by atoms with Crippen molar-refractivity contribution >= 4 is 57.3 Å². The Balaban J connectivity index is 1.73. The molecule has 3 nitrogen and oxygen atoms in total. The molecule has 0 fully saturated rings. The van der Waals surface area contributed by atoms with Gasteiger partial charge in [-0.15, -0.1) is 0 Å². The lowest BCUT2D eigenvalue weighted by atomic mass is 9.93. The third-order valence-electron chi connectivity index (χ3n) is 6.97. The molecule has 6 rings (SSSR count). The van der Waals surface area contributed by atoms with E-state index in [0.29, 0.717) is 11.8 Å². The van der Waals surface area contributed by atoms with Crippen LogP contribution in [0.1, 0.15) is 50.7 Å². The number of benzene rings is 5. The van der Waals surface area contributed by atoms with Crippen LogP contribution in [0.2, 0.25) is 0 Å². The quantitative estimate of drug-likeness (QED) is 0.266. The van der Waals surface area contributed by atoms with Gasteiger partial charge in [0.25, 0.3) is 0 Å². The van der Waals surface area contributed by atoms with Gasteiger partial charge < -0.3 is 8.39 Å². The van der Waals surface area contributed by atoms with Crippen molar-refractivity contribution in [1.82, 2.24) is 0 Å². The van der Waals surface area contributed by atoms with E-state index in [1.165, 1.54) is 32.7 Å². The molecule has 4 heteroatoms. The molecule has 0 atom stereocenters. The van der Waals surface area contributed by atoms with Gasteiger partial charge in [-0.1, -0.05) is 107 Å². The van der Waals surface area contributed by atoms with Crippen LogP contribution < -0.4 is 5.09 Å². The molecule has 0 saturated carbocycles. The fourth-order valence-electron chi connectivity index (χ4n) is 5.19. The molecule has 1 aromatic heterocycles. The molecule has 36 heavy (non-hydrogen) atoms. The Morgan fingerprint density at radius 3 is 1.50 bits per heavy atom. The Labute approximate surface area is 212 Å². The summed E-state index contributed by atoms with van der Waals surface area (Å²) in [4.78, 5) is 0. The Kier molecular flexibility index (Phi) is 5.74. The van der Waals surface area contributed by atoms with Gasteiger partial charge in [0.05, 0.1) is 5.69 Å². The summed E-state index contributed by atoms with van der Waals surface area (Å²) >= 11 is 0. The number of nitrogens with one attached hydrogen (secondary N) is 1. The maximum atomic E-state index is 6.70. The van der Waals surface area contributed by atoms with E-state index < -0.39 is 8.16 Å². The van der Waals surface area contributed by atoms with Crippen molar-refractivity contribution in [2.24, 2.45) is 0 Å². The summed E-state index contributed by atoms with van der Waals surface area (Å²) < 4.78 is 13.4. The Morgan fingerprint density at radius 2 is 1.03 bits per heavy atom. The number of hydrogen-bond donors (Lipinski definition) is 1. The normalized spacial score (nSPS) is 11.8. The number of fused-ring (bicyclic) bond motifs is 7. The first kappa shape index (κ1) is 22.8. The second-order valence-electron chi connectivity index (χ2n) is 9.99. The van der Waals surface area contributed by atoms with E-state index in [9.17, 15) is 0 Å². The van der Waals surface area contributed by atoms with E-state index in [-0.39, 0.29) is 0 Å². The molecule has 0 amide bonds. The predicted molar refractivity (Wildman–Crippen MR) is 155 cm³/mol. The summed E-state index contributed by atoms with van der Waals surface area (Å²) in [5, 5.41) is 10.6. The maximum absolute atomic E-state index is 6.70. The van der Waals surface area contributed by atoms with Crippen LogP contribution in [-0.2, 0) is 0 Å². The highest BCUT2D eigenvalue weighted by Gasteiger charge is 2.17. The number of hydrogen-bond acceptors (Lipinski definition) is 3. The first-order valence-electron chi connectivity index (χ1n) is 12.6. The van der Waals surface area contributed by atoms with E-state index >= 15 is 0 Å². The van der Waals surface area contributed by atoms with Gasteiger partial charge in [0.2, 0.25) is 0 Å². The van der Waals surface area contributed by atoms with Crippen LogP contribution >= 0.6 is 8.16 Å². The molecule has 0 spiro atoms. The topological polar surface area (TPSA) is 38.3 Å². The molecule has 0 saturated heterocycles. The zero-order valence-electron chi connectivity index (χ0n) is 21.1. The van der Waals surface area contributed by atoms with Crippen molar-refractivity contribution in [1.29, 1.82) is 0 Å².